The maximum Gasteiger partial charge on any atom is 0.252 e. The van der Waals surface area contributed by atoms with Crippen LogP contribution in [0.5, 0.6) is 0 Å². The third-order valence-corrected chi connectivity index (χ3v) is 2.33. The van der Waals surface area contributed by atoms with Crippen LogP contribution in [-0.4, -0.2) is 16.2 Å². The van der Waals surface area contributed by atoms with Crippen molar-refractivity contribution in [3.8, 4) is 0 Å². The van der Waals surface area contributed by atoms with Gasteiger partial charge in [-0.1, -0.05) is 29.8 Å². The summed E-state index contributed by atoms with van der Waals surface area (Å²) in [5.74, 6) is 0.336. The van der Waals surface area contributed by atoms with Gasteiger partial charge in [0.25, 0.3) is 5.56 Å². The van der Waals surface area contributed by atoms with E-state index in [0.717, 1.165) is 5.56 Å². The Morgan fingerprint density at radius 3 is 2.67 bits per heavy atom. The van der Waals surface area contributed by atoms with Gasteiger partial charge in [-0.05, 0) is 19.4 Å². The van der Waals surface area contributed by atoms with E-state index in [0.29, 0.717) is 11.6 Å². The average molecular weight is 242 g/mol. The van der Waals surface area contributed by atoms with Crippen molar-refractivity contribution < 1.29 is 0 Å². The highest BCUT2D eigenvalue weighted by molar-refractivity contribution is 5.79. The quantitative estimate of drug-likeness (QED) is 0.637. The van der Waals surface area contributed by atoms with Crippen molar-refractivity contribution in [2.24, 2.45) is 5.10 Å². The summed E-state index contributed by atoms with van der Waals surface area (Å²) in [6.45, 7) is 3.78. The fraction of sp³-hybridized carbons (Fsp3) is 0.154. The van der Waals surface area contributed by atoms with Gasteiger partial charge in [-0.15, -0.1) is 0 Å². The van der Waals surface area contributed by atoms with Crippen molar-refractivity contribution in [1.29, 1.82) is 0 Å². The number of nitrogens with zero attached hydrogens (tertiary/aromatic N) is 2. The monoisotopic (exact) mass is 242 g/mol. The Balaban J connectivity index is 2.07. The molecule has 0 aliphatic heterocycles. The first-order valence-corrected chi connectivity index (χ1v) is 5.57. The van der Waals surface area contributed by atoms with Gasteiger partial charge in [0.1, 0.15) is 0 Å². The van der Waals surface area contributed by atoms with Gasteiger partial charge in [0.15, 0.2) is 0 Å². The largest absolute Gasteiger partial charge is 0.291 e. The number of hydrogen-bond donors (Lipinski definition) is 2. The van der Waals surface area contributed by atoms with Crippen LogP contribution in [0.3, 0.4) is 0 Å². The Morgan fingerprint density at radius 1 is 1.28 bits per heavy atom. The standard InChI is InChI=1S/C13H14N4O/c1-9-3-5-11(6-4-9)8-14-17-13-15-10(2)7-12(18)16-13/h3-8H,1-2H3,(H2,15,16,17,18)/b14-8-. The molecule has 0 amide bonds. The SMILES string of the molecule is Cc1ccc(/C=N\Nc2nc(C)cc(=O)[nH]2)cc1. The maximum atomic E-state index is 11.2. The van der Waals surface area contributed by atoms with Crippen LogP contribution in [0.2, 0.25) is 0 Å². The van der Waals surface area contributed by atoms with Crippen molar-refractivity contribution in [3.63, 3.8) is 0 Å². The number of rotatable bonds is 3. The number of anilines is 1. The van der Waals surface area contributed by atoms with E-state index in [1.54, 1.807) is 13.1 Å². The number of nitrogens with one attached hydrogen (secondary N) is 2. The predicted molar refractivity (Wildman–Crippen MR) is 72.0 cm³/mol. The second-order valence-corrected chi connectivity index (χ2v) is 4.02. The van der Waals surface area contributed by atoms with E-state index in [1.165, 1.54) is 11.6 Å². The van der Waals surface area contributed by atoms with Crippen molar-refractivity contribution >= 4 is 12.2 Å². The number of aromatic nitrogens is 2. The van der Waals surface area contributed by atoms with E-state index in [1.807, 2.05) is 31.2 Å². The Bertz CT molecular complexity index is 614. The van der Waals surface area contributed by atoms with Crippen LogP contribution in [-0.2, 0) is 0 Å². The van der Waals surface area contributed by atoms with E-state index < -0.39 is 0 Å². The van der Waals surface area contributed by atoms with Crippen LogP contribution < -0.4 is 11.0 Å². The molecule has 0 saturated heterocycles. The predicted octanol–water partition coefficient (Wildman–Crippen LogP) is 1.83. The first kappa shape index (κ1) is 12.0. The minimum absolute atomic E-state index is 0.199. The molecule has 2 rings (SSSR count). The molecule has 0 bridgehead atoms. The number of hydrogen-bond acceptors (Lipinski definition) is 4. The van der Waals surface area contributed by atoms with Gasteiger partial charge in [0.05, 0.1) is 6.21 Å². The Morgan fingerprint density at radius 2 is 2.00 bits per heavy atom. The summed E-state index contributed by atoms with van der Waals surface area (Å²) in [7, 11) is 0. The molecule has 5 heteroatoms. The number of aryl methyl sites for hydroxylation is 2. The first-order valence-electron chi connectivity index (χ1n) is 5.57. The Kier molecular flexibility index (Phi) is 3.52. The molecule has 5 nitrogen and oxygen atoms in total. The van der Waals surface area contributed by atoms with E-state index >= 15 is 0 Å². The van der Waals surface area contributed by atoms with Gasteiger partial charge < -0.3 is 0 Å². The van der Waals surface area contributed by atoms with Gasteiger partial charge in [-0.3, -0.25) is 9.78 Å². The highest BCUT2D eigenvalue weighted by atomic mass is 16.1. The number of hydrazone groups is 1. The second kappa shape index (κ2) is 5.27. The molecule has 0 fully saturated rings. The number of benzene rings is 1. The van der Waals surface area contributed by atoms with E-state index in [2.05, 4.69) is 20.5 Å². The molecule has 2 N–H and O–H groups in total. The zero-order valence-electron chi connectivity index (χ0n) is 10.3. The molecule has 0 aliphatic rings. The van der Waals surface area contributed by atoms with Crippen LogP contribution in [0.15, 0.2) is 40.2 Å². The summed E-state index contributed by atoms with van der Waals surface area (Å²) in [6, 6.07) is 9.37. The van der Waals surface area contributed by atoms with E-state index in [-0.39, 0.29) is 5.56 Å². The lowest BCUT2D eigenvalue weighted by Gasteiger charge is -1.99. The molecule has 2 aromatic rings. The molecule has 1 heterocycles. The third-order valence-electron chi connectivity index (χ3n) is 2.33. The van der Waals surface area contributed by atoms with Gasteiger partial charge >= 0.3 is 0 Å². The maximum absolute atomic E-state index is 11.2. The smallest absolute Gasteiger partial charge is 0.252 e. The van der Waals surface area contributed by atoms with Crippen LogP contribution >= 0.6 is 0 Å². The minimum Gasteiger partial charge on any atom is -0.291 e. The lowest BCUT2D eigenvalue weighted by atomic mass is 10.2. The normalized spacial score (nSPS) is 10.8. The number of H-pyrrole nitrogens is 1. The summed E-state index contributed by atoms with van der Waals surface area (Å²) in [5.41, 5.74) is 5.31. The van der Waals surface area contributed by atoms with Gasteiger partial charge in [0.2, 0.25) is 5.95 Å². The fourth-order valence-corrected chi connectivity index (χ4v) is 1.45. The molecule has 0 spiro atoms. The molecule has 0 saturated carbocycles. The third kappa shape index (κ3) is 3.28. The lowest BCUT2D eigenvalue weighted by molar-refractivity contribution is 1.04. The topological polar surface area (TPSA) is 70.1 Å². The molecular weight excluding hydrogens is 228 g/mol. The van der Waals surface area contributed by atoms with Crippen molar-refractivity contribution in [1.82, 2.24) is 9.97 Å². The molecule has 1 aromatic heterocycles. The van der Waals surface area contributed by atoms with Crippen molar-refractivity contribution in [3.05, 3.63) is 57.5 Å². The molecule has 0 aliphatic carbocycles. The van der Waals surface area contributed by atoms with Crippen LogP contribution in [0.1, 0.15) is 16.8 Å². The molecule has 18 heavy (non-hydrogen) atoms. The molecule has 1 aromatic carbocycles. The average Bonchev–Trinajstić information content (AvgIpc) is 2.30. The van der Waals surface area contributed by atoms with Gasteiger partial charge in [-0.25, -0.2) is 10.4 Å². The second-order valence-electron chi connectivity index (χ2n) is 4.02. The summed E-state index contributed by atoms with van der Waals surface area (Å²) in [4.78, 5) is 17.8. The molecule has 92 valence electrons. The van der Waals surface area contributed by atoms with Crippen LogP contribution in [0, 0.1) is 13.8 Å². The van der Waals surface area contributed by atoms with Crippen LogP contribution in [0.25, 0.3) is 0 Å². The van der Waals surface area contributed by atoms with Crippen molar-refractivity contribution in [2.75, 3.05) is 5.43 Å². The van der Waals surface area contributed by atoms with Crippen LogP contribution in [0.4, 0.5) is 5.95 Å². The summed E-state index contributed by atoms with van der Waals surface area (Å²) in [5, 5.41) is 4.02. The van der Waals surface area contributed by atoms with E-state index in [4.69, 9.17) is 0 Å². The zero-order chi connectivity index (χ0) is 13.0. The Hall–Kier alpha value is -2.43. The van der Waals surface area contributed by atoms with E-state index in [9.17, 15) is 4.79 Å². The molecule has 0 unspecified atom stereocenters. The fourth-order valence-electron chi connectivity index (χ4n) is 1.45. The zero-order valence-corrected chi connectivity index (χ0v) is 10.3. The van der Waals surface area contributed by atoms with Crippen molar-refractivity contribution in [2.45, 2.75) is 13.8 Å². The summed E-state index contributed by atoms with van der Waals surface area (Å²) < 4.78 is 0. The minimum atomic E-state index is -0.199. The molecule has 0 atom stereocenters. The van der Waals surface area contributed by atoms with Gasteiger partial charge in [0, 0.05) is 11.8 Å². The highest BCUT2D eigenvalue weighted by Crippen LogP contribution is 2.01. The molecule has 0 radical (unpaired) electrons. The Labute approximate surface area is 105 Å². The molecular formula is C13H14N4O. The number of aromatic amines is 1. The summed E-state index contributed by atoms with van der Waals surface area (Å²) in [6.07, 6.45) is 1.67. The highest BCUT2D eigenvalue weighted by Gasteiger charge is 1.95. The lowest BCUT2D eigenvalue weighted by Crippen LogP contribution is -2.10. The first-order chi connectivity index (χ1) is 8.63. The van der Waals surface area contributed by atoms with Gasteiger partial charge in [-0.2, -0.15) is 5.10 Å². The summed E-state index contributed by atoms with van der Waals surface area (Å²) >= 11 is 0.